The Bertz CT molecular complexity index is 855. The maximum Gasteiger partial charge on any atom is 0.226 e. The molecular weight excluding hydrogens is 356 g/mol. The fourth-order valence-corrected chi connectivity index (χ4v) is 4.94. The van der Waals surface area contributed by atoms with E-state index in [0.29, 0.717) is 5.91 Å². The number of nitrogens with zero attached hydrogens (tertiary/aromatic N) is 4. The van der Waals surface area contributed by atoms with Gasteiger partial charge < -0.3 is 9.80 Å². The molecule has 27 heavy (non-hydrogen) atoms. The van der Waals surface area contributed by atoms with Crippen molar-refractivity contribution in [2.45, 2.75) is 33.6 Å². The molecule has 2 aromatic rings. The van der Waals surface area contributed by atoms with Gasteiger partial charge in [0.2, 0.25) is 11.9 Å². The lowest BCUT2D eigenvalue weighted by Gasteiger charge is -2.35. The minimum atomic E-state index is 0.163. The smallest absolute Gasteiger partial charge is 0.226 e. The van der Waals surface area contributed by atoms with E-state index in [9.17, 15) is 4.79 Å². The van der Waals surface area contributed by atoms with Crippen LogP contribution in [0.5, 0.6) is 0 Å². The molecule has 0 bridgehead atoms. The number of carbonyl (C=O) groups is 1. The van der Waals surface area contributed by atoms with E-state index in [1.165, 1.54) is 11.1 Å². The third-order valence-corrected chi connectivity index (χ3v) is 6.88. The Labute approximate surface area is 165 Å². The Balaban J connectivity index is 1.47. The Morgan fingerprint density at radius 3 is 2.37 bits per heavy atom. The van der Waals surface area contributed by atoms with Gasteiger partial charge in [-0.05, 0) is 56.9 Å². The number of fused-ring (bicyclic) bond motifs is 1. The third-order valence-electron chi connectivity index (χ3n) is 5.94. The maximum atomic E-state index is 12.8. The van der Waals surface area contributed by atoms with Gasteiger partial charge in [0.25, 0.3) is 0 Å². The fourth-order valence-electron chi connectivity index (χ4n) is 4.04. The highest BCUT2D eigenvalue weighted by Crippen LogP contribution is 2.27. The number of aryl methyl sites for hydroxylation is 3. The van der Waals surface area contributed by atoms with Gasteiger partial charge in [-0.15, -0.1) is 0 Å². The molecule has 1 aromatic carbocycles. The van der Waals surface area contributed by atoms with Crippen LogP contribution >= 0.6 is 11.8 Å². The average molecular weight is 385 g/mol. The molecule has 2 saturated heterocycles. The van der Waals surface area contributed by atoms with E-state index in [2.05, 4.69) is 42.7 Å². The van der Waals surface area contributed by atoms with E-state index < -0.39 is 0 Å². The van der Waals surface area contributed by atoms with Crippen LogP contribution in [0.3, 0.4) is 0 Å². The number of thioether (sulfide) groups is 1. The van der Waals surface area contributed by atoms with Crippen LogP contribution in [0.2, 0.25) is 0 Å². The zero-order valence-electron chi connectivity index (χ0n) is 16.5. The first-order valence-corrected chi connectivity index (χ1v) is 11.1. The van der Waals surface area contributed by atoms with E-state index in [4.69, 9.17) is 9.97 Å². The van der Waals surface area contributed by atoms with E-state index in [1.807, 2.05) is 11.8 Å². The van der Waals surface area contributed by atoms with Gasteiger partial charge in [0.1, 0.15) is 0 Å². The second-order valence-corrected chi connectivity index (χ2v) is 8.99. The number of rotatable bonds is 2. The summed E-state index contributed by atoms with van der Waals surface area (Å²) in [5.74, 6) is 3.48. The predicted molar refractivity (Wildman–Crippen MR) is 113 cm³/mol. The second kappa shape index (κ2) is 7.66. The molecule has 2 aliphatic rings. The molecule has 144 valence electrons. The number of carbonyl (C=O) groups excluding carboxylic acids is 1. The van der Waals surface area contributed by atoms with Gasteiger partial charge in [-0.1, -0.05) is 0 Å². The highest BCUT2D eigenvalue weighted by Gasteiger charge is 2.30. The summed E-state index contributed by atoms with van der Waals surface area (Å²) in [5, 5.41) is 1.13. The molecule has 0 spiro atoms. The van der Waals surface area contributed by atoms with E-state index >= 15 is 0 Å². The number of hydrogen-bond acceptors (Lipinski definition) is 5. The lowest BCUT2D eigenvalue weighted by molar-refractivity contribution is -0.135. The standard InChI is InChI=1S/C21H28N4OS/c1-14-12-18-16(3)22-21(23-19(18)13-15(14)2)25-6-4-17(5-7-25)20(26)24-8-10-27-11-9-24/h12-13,17H,4-11H2,1-3H3. The zero-order chi connectivity index (χ0) is 19.0. The largest absolute Gasteiger partial charge is 0.341 e. The summed E-state index contributed by atoms with van der Waals surface area (Å²) in [7, 11) is 0. The summed E-state index contributed by atoms with van der Waals surface area (Å²) >= 11 is 1.95. The molecule has 0 aliphatic carbocycles. The molecule has 2 fully saturated rings. The van der Waals surface area contributed by atoms with E-state index in [1.54, 1.807) is 0 Å². The Kier molecular flexibility index (Phi) is 5.26. The van der Waals surface area contributed by atoms with Crippen LogP contribution in [-0.4, -0.2) is 58.5 Å². The van der Waals surface area contributed by atoms with Gasteiger partial charge in [-0.25, -0.2) is 9.97 Å². The molecule has 0 saturated carbocycles. The fraction of sp³-hybridized carbons (Fsp3) is 0.571. The SMILES string of the molecule is Cc1cc2nc(N3CCC(C(=O)N4CCSCC4)CC3)nc(C)c2cc1C. The summed E-state index contributed by atoms with van der Waals surface area (Å²) in [6.07, 6.45) is 1.80. The number of amides is 1. The maximum absolute atomic E-state index is 12.8. The highest BCUT2D eigenvalue weighted by atomic mass is 32.2. The van der Waals surface area contributed by atoms with Crippen molar-refractivity contribution in [3.63, 3.8) is 0 Å². The van der Waals surface area contributed by atoms with Crippen LogP contribution in [0.1, 0.15) is 29.7 Å². The Hall–Kier alpha value is -1.82. The monoisotopic (exact) mass is 384 g/mol. The van der Waals surface area contributed by atoms with E-state index in [0.717, 1.165) is 73.1 Å². The predicted octanol–water partition coefficient (Wildman–Crippen LogP) is 3.35. The first-order chi connectivity index (χ1) is 13.0. The lowest BCUT2D eigenvalue weighted by atomic mass is 9.95. The summed E-state index contributed by atoms with van der Waals surface area (Å²) in [6.45, 7) is 9.86. The first kappa shape index (κ1) is 18.5. The lowest BCUT2D eigenvalue weighted by Crippen LogP contribution is -2.45. The number of benzene rings is 1. The molecular formula is C21H28N4OS. The molecule has 1 aromatic heterocycles. The Morgan fingerprint density at radius 2 is 1.67 bits per heavy atom. The molecule has 0 unspecified atom stereocenters. The van der Waals surface area contributed by atoms with Crippen molar-refractivity contribution in [3.8, 4) is 0 Å². The topological polar surface area (TPSA) is 49.3 Å². The quantitative estimate of drug-likeness (QED) is 0.795. The van der Waals surface area contributed by atoms with Crippen molar-refractivity contribution < 1.29 is 4.79 Å². The van der Waals surface area contributed by atoms with Gasteiger partial charge >= 0.3 is 0 Å². The molecule has 4 rings (SSSR count). The summed E-state index contributed by atoms with van der Waals surface area (Å²) in [4.78, 5) is 26.7. The minimum Gasteiger partial charge on any atom is -0.341 e. The normalized spacial score (nSPS) is 18.9. The number of piperidine rings is 1. The summed E-state index contributed by atoms with van der Waals surface area (Å²) in [5.41, 5.74) is 4.58. The van der Waals surface area contributed by atoms with Crippen molar-refractivity contribution in [1.29, 1.82) is 0 Å². The van der Waals surface area contributed by atoms with Crippen LogP contribution in [0.15, 0.2) is 12.1 Å². The first-order valence-electron chi connectivity index (χ1n) is 9.90. The molecule has 2 aliphatic heterocycles. The van der Waals surface area contributed by atoms with Crippen LogP contribution in [0.25, 0.3) is 10.9 Å². The van der Waals surface area contributed by atoms with Crippen LogP contribution in [0, 0.1) is 26.7 Å². The number of anilines is 1. The molecule has 0 N–H and O–H groups in total. The number of aromatic nitrogens is 2. The highest BCUT2D eigenvalue weighted by molar-refractivity contribution is 7.99. The van der Waals surface area contributed by atoms with Crippen molar-refractivity contribution in [2.75, 3.05) is 42.6 Å². The average Bonchev–Trinajstić information content (AvgIpc) is 2.69. The zero-order valence-corrected chi connectivity index (χ0v) is 17.3. The summed E-state index contributed by atoms with van der Waals surface area (Å²) in [6, 6.07) is 4.35. The minimum absolute atomic E-state index is 0.163. The van der Waals surface area contributed by atoms with E-state index in [-0.39, 0.29) is 5.92 Å². The Morgan fingerprint density at radius 1 is 1.00 bits per heavy atom. The van der Waals surface area contributed by atoms with Gasteiger partial charge in [0.05, 0.1) is 11.2 Å². The molecule has 3 heterocycles. The van der Waals surface area contributed by atoms with Crippen LogP contribution in [-0.2, 0) is 4.79 Å². The molecule has 5 nitrogen and oxygen atoms in total. The van der Waals surface area contributed by atoms with Crippen LogP contribution < -0.4 is 4.90 Å². The molecule has 1 amide bonds. The van der Waals surface area contributed by atoms with Crippen molar-refractivity contribution in [3.05, 3.63) is 29.0 Å². The van der Waals surface area contributed by atoms with Gasteiger partial charge in [0, 0.05) is 49.0 Å². The third kappa shape index (κ3) is 3.77. The molecule has 0 atom stereocenters. The number of hydrogen-bond donors (Lipinski definition) is 0. The van der Waals surface area contributed by atoms with Crippen molar-refractivity contribution >= 4 is 34.5 Å². The van der Waals surface area contributed by atoms with Gasteiger partial charge in [0.15, 0.2) is 0 Å². The van der Waals surface area contributed by atoms with Crippen LogP contribution in [0.4, 0.5) is 5.95 Å². The second-order valence-electron chi connectivity index (χ2n) is 7.76. The van der Waals surface area contributed by atoms with Crippen molar-refractivity contribution in [2.24, 2.45) is 5.92 Å². The molecule has 0 radical (unpaired) electrons. The van der Waals surface area contributed by atoms with Crippen molar-refractivity contribution in [1.82, 2.24) is 14.9 Å². The summed E-state index contributed by atoms with van der Waals surface area (Å²) < 4.78 is 0. The van der Waals surface area contributed by atoms with Gasteiger partial charge in [-0.2, -0.15) is 11.8 Å². The van der Waals surface area contributed by atoms with Gasteiger partial charge in [-0.3, -0.25) is 4.79 Å². The molecule has 6 heteroatoms.